The van der Waals surface area contributed by atoms with Crippen LogP contribution in [0.2, 0.25) is 0 Å². The van der Waals surface area contributed by atoms with Crippen LogP contribution in [0.4, 0.5) is 5.69 Å². The van der Waals surface area contributed by atoms with E-state index in [-0.39, 0.29) is 46.5 Å². The topological polar surface area (TPSA) is 118 Å². The normalized spacial score (nSPS) is 41.4. The molecule has 8 atom stereocenters. The Morgan fingerprint density at radius 1 is 0.974 bits per heavy atom. The third-order valence-electron chi connectivity index (χ3n) is 11.5. The summed E-state index contributed by atoms with van der Waals surface area (Å²) in [6.45, 7) is 8.38. The SMILES string of the molecule is CC(C)C1=C[C@@]23CC[C@H]4[C@](C)(CCC[C@@]4(C)C(=O)[O-])[C@@H]2C[C@@H]1[C@H]1C(=O)N(c2ccc(C(=O)[O-])cc2)C(=O)[C@@H]13. The van der Waals surface area contributed by atoms with E-state index in [4.69, 9.17) is 0 Å². The first-order valence-electron chi connectivity index (χ1n) is 14.0. The molecule has 0 aromatic heterocycles. The van der Waals surface area contributed by atoms with E-state index in [2.05, 4.69) is 26.8 Å². The fraction of sp³-hybridized carbons (Fsp3) is 0.613. The van der Waals surface area contributed by atoms with Crippen molar-refractivity contribution in [2.24, 2.45) is 51.8 Å². The molecule has 38 heavy (non-hydrogen) atoms. The lowest BCUT2D eigenvalue weighted by Crippen LogP contribution is -2.66. The van der Waals surface area contributed by atoms with Gasteiger partial charge in [-0.3, -0.25) is 14.5 Å². The Hall–Kier alpha value is -2.96. The number of imide groups is 1. The smallest absolute Gasteiger partial charge is 0.238 e. The number of rotatable bonds is 4. The lowest BCUT2D eigenvalue weighted by molar-refractivity contribution is -0.328. The van der Waals surface area contributed by atoms with Crippen molar-refractivity contribution in [3.05, 3.63) is 41.5 Å². The van der Waals surface area contributed by atoms with E-state index in [1.807, 2.05) is 6.92 Å². The van der Waals surface area contributed by atoms with Crippen LogP contribution in [0.1, 0.15) is 76.6 Å². The van der Waals surface area contributed by atoms with Crippen molar-refractivity contribution in [3.63, 3.8) is 0 Å². The van der Waals surface area contributed by atoms with Gasteiger partial charge in [0.25, 0.3) is 0 Å². The molecule has 0 radical (unpaired) electrons. The molecule has 7 rings (SSSR count). The van der Waals surface area contributed by atoms with E-state index in [1.165, 1.54) is 34.7 Å². The third-order valence-corrected chi connectivity index (χ3v) is 11.5. The van der Waals surface area contributed by atoms with E-state index in [0.717, 1.165) is 19.3 Å². The minimum Gasteiger partial charge on any atom is -0.550 e. The summed E-state index contributed by atoms with van der Waals surface area (Å²) < 4.78 is 0. The van der Waals surface area contributed by atoms with Crippen molar-refractivity contribution in [1.29, 1.82) is 0 Å². The lowest BCUT2D eigenvalue weighted by atomic mass is 9.34. The Morgan fingerprint density at radius 3 is 2.26 bits per heavy atom. The van der Waals surface area contributed by atoms with Crippen LogP contribution in [0, 0.1) is 51.8 Å². The van der Waals surface area contributed by atoms with Crippen molar-refractivity contribution >= 4 is 29.4 Å². The highest BCUT2D eigenvalue weighted by Gasteiger charge is 2.72. The number of carboxylic acid groups (broad SMARTS) is 2. The number of anilines is 1. The van der Waals surface area contributed by atoms with Crippen LogP contribution in [-0.2, 0) is 14.4 Å². The van der Waals surface area contributed by atoms with Crippen LogP contribution in [0.15, 0.2) is 35.9 Å². The zero-order chi connectivity index (χ0) is 27.4. The number of fused-ring (bicyclic) bond motifs is 1. The minimum atomic E-state index is -1.31. The van der Waals surface area contributed by atoms with Gasteiger partial charge in [-0.05, 0) is 78.9 Å². The maximum absolute atomic E-state index is 14.2. The first-order chi connectivity index (χ1) is 17.9. The first kappa shape index (κ1) is 25.3. The standard InChI is InChI=1S/C31H37NO6/c1-16(2)20-15-31-13-10-21-29(3,11-5-12-30(21,4)28(37)38)22(31)14-19(20)23-24(31)26(34)32(25(23)33)18-8-6-17(7-9-18)27(35)36/h6-9,15-16,19,21-24H,5,10-14H2,1-4H3,(H,35,36)(H,37,38)/p-2/t19-,21-,22-,23+,24+,29-,30+,31-/m0/s1. The number of aromatic carboxylic acids is 1. The van der Waals surface area contributed by atoms with Crippen LogP contribution < -0.4 is 15.1 Å². The fourth-order valence-electron chi connectivity index (χ4n) is 9.95. The van der Waals surface area contributed by atoms with Gasteiger partial charge in [-0.1, -0.05) is 57.9 Å². The van der Waals surface area contributed by atoms with Gasteiger partial charge in [-0.2, -0.15) is 0 Å². The Morgan fingerprint density at radius 2 is 1.66 bits per heavy atom. The molecular formula is C31H35NO6-2. The highest BCUT2D eigenvalue weighted by molar-refractivity contribution is 6.23. The molecule has 1 heterocycles. The molecule has 2 amide bonds. The van der Waals surface area contributed by atoms with E-state index in [1.54, 1.807) is 0 Å². The summed E-state index contributed by atoms with van der Waals surface area (Å²) in [6.07, 6.45) is 6.85. The molecule has 2 bridgehead atoms. The van der Waals surface area contributed by atoms with Crippen molar-refractivity contribution < 1.29 is 29.4 Å². The number of carbonyl (C=O) groups is 4. The van der Waals surface area contributed by atoms with Crippen LogP contribution in [0.25, 0.3) is 0 Å². The van der Waals surface area contributed by atoms with Crippen LogP contribution in [0.3, 0.4) is 0 Å². The van der Waals surface area contributed by atoms with Crippen LogP contribution in [-0.4, -0.2) is 23.8 Å². The van der Waals surface area contributed by atoms with Gasteiger partial charge in [-0.25, -0.2) is 0 Å². The Bertz CT molecular complexity index is 1280. The van der Waals surface area contributed by atoms with E-state index >= 15 is 0 Å². The Labute approximate surface area is 223 Å². The molecule has 5 aliphatic carbocycles. The molecular weight excluding hydrogens is 482 g/mol. The number of hydrogen-bond acceptors (Lipinski definition) is 6. The molecule has 202 valence electrons. The summed E-state index contributed by atoms with van der Waals surface area (Å²) in [5, 5.41) is 23.7. The highest BCUT2D eigenvalue weighted by Crippen LogP contribution is 2.74. The van der Waals surface area contributed by atoms with Gasteiger partial charge in [0.05, 0.1) is 23.5 Å². The molecule has 1 spiro atoms. The number of carbonyl (C=O) groups excluding carboxylic acids is 4. The molecule has 1 aliphatic heterocycles. The predicted molar refractivity (Wildman–Crippen MR) is 135 cm³/mol. The molecule has 7 heteroatoms. The van der Waals surface area contributed by atoms with Crippen molar-refractivity contribution in [2.45, 2.75) is 66.2 Å². The van der Waals surface area contributed by atoms with E-state index in [9.17, 15) is 29.4 Å². The molecule has 3 saturated carbocycles. The maximum Gasteiger partial charge on any atom is 0.238 e. The summed E-state index contributed by atoms with van der Waals surface area (Å²) in [5.74, 6) is -3.38. The van der Waals surface area contributed by atoms with Crippen molar-refractivity contribution in [3.8, 4) is 0 Å². The second kappa shape index (κ2) is 8.03. The van der Waals surface area contributed by atoms with Gasteiger partial charge < -0.3 is 19.8 Å². The second-order valence-corrected chi connectivity index (χ2v) is 13.3. The third kappa shape index (κ3) is 3.02. The summed E-state index contributed by atoms with van der Waals surface area (Å²) in [5.41, 5.74) is -0.0238. The number of amides is 2. The molecule has 6 aliphatic rings. The number of hydrogen-bond donors (Lipinski definition) is 0. The molecule has 0 unspecified atom stereocenters. The van der Waals surface area contributed by atoms with Gasteiger partial charge >= 0.3 is 0 Å². The second-order valence-electron chi connectivity index (χ2n) is 13.3. The quantitative estimate of drug-likeness (QED) is 0.448. The van der Waals surface area contributed by atoms with Gasteiger partial charge in [0.2, 0.25) is 11.8 Å². The Kier molecular flexibility index (Phi) is 5.35. The monoisotopic (exact) mass is 517 g/mol. The van der Waals surface area contributed by atoms with E-state index < -0.39 is 34.6 Å². The number of allylic oxidation sites excluding steroid dienone is 2. The molecule has 7 nitrogen and oxygen atoms in total. The van der Waals surface area contributed by atoms with Gasteiger partial charge in [0, 0.05) is 16.8 Å². The molecule has 1 aromatic carbocycles. The zero-order valence-electron chi connectivity index (χ0n) is 22.5. The zero-order valence-corrected chi connectivity index (χ0v) is 22.5. The number of aliphatic carboxylic acids is 1. The number of benzene rings is 1. The summed E-state index contributed by atoms with van der Waals surface area (Å²) in [6, 6.07) is 5.76. The summed E-state index contributed by atoms with van der Waals surface area (Å²) >= 11 is 0. The van der Waals surface area contributed by atoms with Gasteiger partial charge in [-0.15, -0.1) is 0 Å². The molecule has 4 fully saturated rings. The Balaban J connectivity index is 1.46. The average molecular weight is 518 g/mol. The van der Waals surface area contributed by atoms with Crippen molar-refractivity contribution in [2.75, 3.05) is 4.90 Å². The fourth-order valence-corrected chi connectivity index (χ4v) is 9.95. The summed E-state index contributed by atoms with van der Waals surface area (Å²) in [7, 11) is 0. The average Bonchev–Trinajstić information content (AvgIpc) is 3.15. The largest absolute Gasteiger partial charge is 0.550 e. The molecule has 0 N–H and O–H groups in total. The van der Waals surface area contributed by atoms with E-state index in [0.29, 0.717) is 24.9 Å². The minimum absolute atomic E-state index is 0.00716. The number of carboxylic acids is 2. The lowest BCUT2D eigenvalue weighted by Gasteiger charge is -2.69. The van der Waals surface area contributed by atoms with Gasteiger partial charge in [0.1, 0.15) is 0 Å². The highest BCUT2D eigenvalue weighted by atomic mass is 16.4. The van der Waals surface area contributed by atoms with Crippen molar-refractivity contribution in [1.82, 2.24) is 0 Å². The maximum atomic E-state index is 14.2. The summed E-state index contributed by atoms with van der Waals surface area (Å²) in [4.78, 5) is 53.2. The van der Waals surface area contributed by atoms with Gasteiger partial charge in [0.15, 0.2) is 0 Å². The number of nitrogens with zero attached hydrogens (tertiary/aromatic N) is 1. The molecule has 1 aromatic rings. The predicted octanol–water partition coefficient (Wildman–Crippen LogP) is 2.73. The van der Waals surface area contributed by atoms with Crippen LogP contribution >= 0.6 is 0 Å². The molecule has 1 saturated heterocycles. The first-order valence-corrected chi connectivity index (χ1v) is 14.0. The van der Waals surface area contributed by atoms with Crippen LogP contribution in [0.5, 0.6) is 0 Å².